The summed E-state index contributed by atoms with van der Waals surface area (Å²) in [6.07, 6.45) is 0.588. The fourth-order valence-electron chi connectivity index (χ4n) is 0.930. The Morgan fingerprint density at radius 1 is 1.73 bits per heavy atom. The van der Waals surface area contributed by atoms with Crippen LogP contribution in [0.4, 0.5) is 5.82 Å². The molecule has 0 amide bonds. The number of pyridine rings is 1. The van der Waals surface area contributed by atoms with Gasteiger partial charge in [-0.3, -0.25) is 10.6 Å². The van der Waals surface area contributed by atoms with Crippen LogP contribution in [-0.2, 0) is 4.74 Å². The Hall–Kier alpha value is -1.66. The second-order valence-electron chi connectivity index (χ2n) is 2.47. The molecule has 0 saturated carbocycles. The van der Waals surface area contributed by atoms with Gasteiger partial charge < -0.3 is 4.74 Å². The number of halogens is 1. The minimum Gasteiger partial charge on any atom is -0.465 e. The van der Waals surface area contributed by atoms with E-state index in [9.17, 15) is 10.0 Å². The van der Waals surface area contributed by atoms with Gasteiger partial charge in [-0.2, -0.15) is 5.06 Å². The Balaban J connectivity index is 3.25. The number of ether oxygens (including phenoxy) is 1. The normalized spacial score (nSPS) is 9.53. The van der Waals surface area contributed by atoms with Gasteiger partial charge >= 0.3 is 5.97 Å². The number of anilines is 1. The average Bonchev–Trinajstić information content (AvgIpc) is 2.26. The van der Waals surface area contributed by atoms with E-state index in [0.717, 1.165) is 0 Å². The van der Waals surface area contributed by atoms with Crippen molar-refractivity contribution < 1.29 is 14.7 Å². The zero-order chi connectivity index (χ0) is 11.4. The van der Waals surface area contributed by atoms with Gasteiger partial charge in [0.15, 0.2) is 5.82 Å². The van der Waals surface area contributed by atoms with Gasteiger partial charge in [-0.15, -0.1) is 0 Å². The molecule has 80 valence electrons. The lowest BCUT2D eigenvalue weighted by Crippen LogP contribution is -2.20. The van der Waals surface area contributed by atoms with E-state index in [0.29, 0.717) is 11.4 Å². The fraction of sp³-hybridized carbons (Fsp3) is 0.125. The van der Waals surface area contributed by atoms with Crippen LogP contribution in [0.3, 0.4) is 0 Å². The highest BCUT2D eigenvalue weighted by Gasteiger charge is 2.17. The molecule has 15 heavy (non-hydrogen) atoms. The maximum absolute atomic E-state index is 11.2. The molecule has 2 N–H and O–H groups in total. The molecule has 0 atom stereocenters. The standard InChI is InChI=1S/C8H8ClN3O3/c1-15-8(13)5-2-3-6(9)11-7(5)12(14)4-10/h2-4,10,14H,1H3. The summed E-state index contributed by atoms with van der Waals surface area (Å²) in [5, 5.41) is 16.5. The summed E-state index contributed by atoms with van der Waals surface area (Å²) in [6, 6.07) is 2.73. The molecule has 0 radical (unpaired) electrons. The molecule has 6 nitrogen and oxygen atoms in total. The summed E-state index contributed by atoms with van der Waals surface area (Å²) < 4.78 is 4.48. The summed E-state index contributed by atoms with van der Waals surface area (Å²) in [7, 11) is 1.20. The van der Waals surface area contributed by atoms with Gasteiger partial charge in [0, 0.05) is 0 Å². The lowest BCUT2D eigenvalue weighted by molar-refractivity contribution is 0.0600. The first kappa shape index (κ1) is 11.4. The second kappa shape index (κ2) is 4.72. The Morgan fingerprint density at radius 2 is 2.40 bits per heavy atom. The number of hydrogen-bond acceptors (Lipinski definition) is 5. The average molecular weight is 230 g/mol. The second-order valence-corrected chi connectivity index (χ2v) is 2.86. The maximum Gasteiger partial charge on any atom is 0.341 e. The topological polar surface area (TPSA) is 86.5 Å². The van der Waals surface area contributed by atoms with Crippen molar-refractivity contribution in [2.24, 2.45) is 0 Å². The summed E-state index contributed by atoms with van der Waals surface area (Å²) in [5.41, 5.74) is 0.0212. The van der Waals surface area contributed by atoms with Crippen molar-refractivity contribution in [3.8, 4) is 0 Å². The molecular weight excluding hydrogens is 222 g/mol. The molecule has 0 spiro atoms. The highest BCUT2D eigenvalue weighted by Crippen LogP contribution is 2.19. The van der Waals surface area contributed by atoms with Crippen LogP contribution >= 0.6 is 11.6 Å². The lowest BCUT2D eigenvalue weighted by atomic mass is 10.2. The van der Waals surface area contributed by atoms with Crippen molar-refractivity contribution in [3.63, 3.8) is 0 Å². The molecule has 0 fully saturated rings. The number of esters is 1. The number of hydroxylamine groups is 1. The highest BCUT2D eigenvalue weighted by molar-refractivity contribution is 6.29. The summed E-state index contributed by atoms with van der Waals surface area (Å²) in [4.78, 5) is 14.9. The van der Waals surface area contributed by atoms with Crippen LogP contribution in [0, 0.1) is 5.41 Å². The first-order valence-electron chi connectivity index (χ1n) is 3.83. The van der Waals surface area contributed by atoms with E-state index < -0.39 is 5.97 Å². The van der Waals surface area contributed by atoms with Gasteiger partial charge in [-0.1, -0.05) is 11.6 Å². The highest BCUT2D eigenvalue weighted by atomic mass is 35.5. The number of methoxy groups -OCH3 is 1. The summed E-state index contributed by atoms with van der Waals surface area (Å²) in [6.45, 7) is 0. The fourth-order valence-corrected chi connectivity index (χ4v) is 1.07. The molecule has 1 aromatic rings. The Morgan fingerprint density at radius 3 is 2.93 bits per heavy atom. The van der Waals surface area contributed by atoms with Crippen LogP contribution in [0.15, 0.2) is 12.1 Å². The number of nitrogens with one attached hydrogen (secondary N) is 1. The third kappa shape index (κ3) is 2.42. The van der Waals surface area contributed by atoms with Crippen LogP contribution in [0.1, 0.15) is 10.4 Å². The lowest BCUT2D eigenvalue weighted by Gasteiger charge is -2.12. The van der Waals surface area contributed by atoms with E-state index in [4.69, 9.17) is 17.0 Å². The molecule has 1 heterocycles. The number of nitrogens with zero attached hydrogens (tertiary/aromatic N) is 2. The van der Waals surface area contributed by atoms with Crippen molar-refractivity contribution in [2.75, 3.05) is 12.2 Å². The summed E-state index contributed by atoms with van der Waals surface area (Å²) in [5.74, 6) is -0.820. The molecule has 0 aliphatic carbocycles. The quantitative estimate of drug-likeness (QED) is 0.268. The third-order valence-electron chi connectivity index (χ3n) is 1.59. The number of carbonyl (C=O) groups is 1. The van der Waals surface area contributed by atoms with Gasteiger partial charge in [0.05, 0.1) is 7.11 Å². The van der Waals surface area contributed by atoms with E-state index in [1.165, 1.54) is 19.2 Å². The Bertz CT molecular complexity index is 397. The van der Waals surface area contributed by atoms with Crippen LogP contribution in [0.2, 0.25) is 5.15 Å². The number of hydrogen-bond donors (Lipinski definition) is 2. The number of rotatable bonds is 3. The van der Waals surface area contributed by atoms with Crippen LogP contribution < -0.4 is 5.06 Å². The minimum atomic E-state index is -0.671. The van der Waals surface area contributed by atoms with Crippen molar-refractivity contribution in [1.82, 2.24) is 4.98 Å². The molecule has 0 unspecified atom stereocenters. The zero-order valence-electron chi connectivity index (χ0n) is 7.77. The molecule has 0 bridgehead atoms. The summed E-state index contributed by atoms with van der Waals surface area (Å²) >= 11 is 5.59. The monoisotopic (exact) mass is 229 g/mol. The maximum atomic E-state index is 11.2. The van der Waals surface area contributed by atoms with Gasteiger partial charge in [0.2, 0.25) is 0 Å². The molecule has 1 rings (SSSR count). The zero-order valence-corrected chi connectivity index (χ0v) is 8.52. The van der Waals surface area contributed by atoms with Crippen molar-refractivity contribution in [2.45, 2.75) is 0 Å². The van der Waals surface area contributed by atoms with Gasteiger partial charge in [-0.25, -0.2) is 9.78 Å². The van der Waals surface area contributed by atoms with E-state index in [1.807, 2.05) is 0 Å². The van der Waals surface area contributed by atoms with E-state index >= 15 is 0 Å². The number of carbonyl (C=O) groups excluding carboxylic acids is 1. The molecule has 7 heteroatoms. The van der Waals surface area contributed by atoms with Crippen LogP contribution in [0.5, 0.6) is 0 Å². The predicted molar refractivity (Wildman–Crippen MR) is 53.6 cm³/mol. The van der Waals surface area contributed by atoms with Crippen molar-refractivity contribution >= 4 is 29.7 Å². The Kier molecular flexibility index (Phi) is 3.59. The van der Waals surface area contributed by atoms with Crippen molar-refractivity contribution in [1.29, 1.82) is 5.41 Å². The smallest absolute Gasteiger partial charge is 0.341 e. The molecule has 1 aromatic heterocycles. The van der Waals surface area contributed by atoms with Crippen LogP contribution in [-0.4, -0.2) is 29.6 Å². The van der Waals surface area contributed by atoms with Gasteiger partial charge in [0.25, 0.3) is 0 Å². The van der Waals surface area contributed by atoms with E-state index in [1.54, 1.807) is 0 Å². The van der Waals surface area contributed by atoms with E-state index in [2.05, 4.69) is 9.72 Å². The Labute approximate surface area is 90.5 Å². The SMILES string of the molecule is COC(=O)c1ccc(Cl)nc1N(O)C=N. The molecule has 0 aliphatic rings. The molecule has 0 aliphatic heterocycles. The minimum absolute atomic E-state index is 0.0212. The van der Waals surface area contributed by atoms with E-state index in [-0.39, 0.29) is 16.5 Å². The largest absolute Gasteiger partial charge is 0.465 e. The molecular formula is C8H8ClN3O3. The van der Waals surface area contributed by atoms with Crippen molar-refractivity contribution in [3.05, 3.63) is 22.8 Å². The first-order valence-corrected chi connectivity index (χ1v) is 4.21. The van der Waals surface area contributed by atoms with Crippen LogP contribution in [0.25, 0.3) is 0 Å². The number of aromatic nitrogens is 1. The van der Waals surface area contributed by atoms with Gasteiger partial charge in [0.1, 0.15) is 17.1 Å². The molecule has 0 saturated heterocycles. The third-order valence-corrected chi connectivity index (χ3v) is 1.80. The van der Waals surface area contributed by atoms with Gasteiger partial charge in [-0.05, 0) is 12.1 Å². The predicted octanol–water partition coefficient (Wildman–Crippen LogP) is 1.32. The first-order chi connectivity index (χ1) is 7.10. The molecule has 0 aromatic carbocycles.